The summed E-state index contributed by atoms with van der Waals surface area (Å²) in [5, 5.41) is 2.30. The smallest absolute Gasteiger partial charge is 0.136 e. The first-order valence-electron chi connectivity index (χ1n) is 15.8. The topological polar surface area (TPSA) is 22.4 Å². The summed E-state index contributed by atoms with van der Waals surface area (Å²) in [5.41, 5.74) is 16.3. The molecule has 9 rings (SSSR count). The SMILES string of the molecule is c1ccc(-c2cc(-c3ccccc3)cc(-c3ccc4c(c3)-c3ccc(-c5cccc6oc7ccccc7c56)cc3COC4)c2)cc1. The summed E-state index contributed by atoms with van der Waals surface area (Å²) in [7, 11) is 0. The fraction of sp³-hybridized carbons (Fsp3) is 0.0455. The van der Waals surface area contributed by atoms with E-state index in [0.29, 0.717) is 13.2 Å². The predicted molar refractivity (Wildman–Crippen MR) is 189 cm³/mol. The van der Waals surface area contributed by atoms with Gasteiger partial charge in [-0.05, 0) is 109 Å². The van der Waals surface area contributed by atoms with Crippen LogP contribution in [0.3, 0.4) is 0 Å². The Balaban J connectivity index is 1.17. The van der Waals surface area contributed by atoms with Gasteiger partial charge in [-0.15, -0.1) is 0 Å². The summed E-state index contributed by atoms with van der Waals surface area (Å²) < 4.78 is 12.5. The first kappa shape index (κ1) is 26.7. The van der Waals surface area contributed by atoms with Crippen molar-refractivity contribution in [2.45, 2.75) is 13.2 Å². The van der Waals surface area contributed by atoms with Gasteiger partial charge in [0, 0.05) is 10.8 Å². The molecule has 0 fully saturated rings. The quantitative estimate of drug-likeness (QED) is 0.203. The molecular formula is C44H30O2. The molecule has 2 nitrogen and oxygen atoms in total. The van der Waals surface area contributed by atoms with Crippen LogP contribution >= 0.6 is 0 Å². The maximum absolute atomic E-state index is 6.26. The van der Waals surface area contributed by atoms with Gasteiger partial charge in [-0.1, -0.05) is 115 Å². The molecule has 2 heteroatoms. The van der Waals surface area contributed by atoms with Crippen molar-refractivity contribution < 1.29 is 9.15 Å². The lowest BCUT2D eigenvalue weighted by atomic mass is 9.89. The average Bonchev–Trinajstić information content (AvgIpc) is 3.41. The van der Waals surface area contributed by atoms with Crippen molar-refractivity contribution in [2.75, 3.05) is 0 Å². The van der Waals surface area contributed by atoms with Crippen LogP contribution in [0.5, 0.6) is 0 Å². The molecule has 7 aromatic carbocycles. The van der Waals surface area contributed by atoms with Crippen LogP contribution in [0.4, 0.5) is 0 Å². The van der Waals surface area contributed by atoms with Crippen molar-refractivity contribution in [1.82, 2.24) is 0 Å². The van der Waals surface area contributed by atoms with Crippen LogP contribution in [0.1, 0.15) is 11.1 Å². The second kappa shape index (κ2) is 11.0. The summed E-state index contributed by atoms with van der Waals surface area (Å²) >= 11 is 0. The first-order valence-corrected chi connectivity index (χ1v) is 15.8. The van der Waals surface area contributed by atoms with Crippen molar-refractivity contribution in [2.24, 2.45) is 0 Å². The lowest BCUT2D eigenvalue weighted by Gasteiger charge is -2.15. The third-order valence-corrected chi connectivity index (χ3v) is 9.21. The fourth-order valence-corrected chi connectivity index (χ4v) is 6.95. The molecule has 1 aromatic heterocycles. The summed E-state index contributed by atoms with van der Waals surface area (Å²) in [6.45, 7) is 1.15. The average molecular weight is 591 g/mol. The highest BCUT2D eigenvalue weighted by atomic mass is 16.5. The predicted octanol–water partition coefficient (Wildman–Crippen LogP) is 12.0. The van der Waals surface area contributed by atoms with E-state index < -0.39 is 0 Å². The Labute approximate surface area is 268 Å². The first-order chi connectivity index (χ1) is 22.8. The van der Waals surface area contributed by atoms with Gasteiger partial charge in [0.25, 0.3) is 0 Å². The third-order valence-electron chi connectivity index (χ3n) is 9.21. The molecule has 0 radical (unpaired) electrons. The Morgan fingerprint density at radius 2 is 0.978 bits per heavy atom. The van der Waals surface area contributed by atoms with Crippen molar-refractivity contribution >= 4 is 21.9 Å². The highest BCUT2D eigenvalue weighted by Crippen LogP contribution is 2.41. The molecule has 1 aliphatic heterocycles. The summed E-state index contributed by atoms with van der Waals surface area (Å²) in [4.78, 5) is 0. The lowest BCUT2D eigenvalue weighted by molar-refractivity contribution is 0.110. The van der Waals surface area contributed by atoms with Crippen LogP contribution in [0, 0.1) is 0 Å². The fourth-order valence-electron chi connectivity index (χ4n) is 6.95. The molecule has 0 atom stereocenters. The van der Waals surface area contributed by atoms with Gasteiger partial charge in [-0.3, -0.25) is 0 Å². The summed E-state index contributed by atoms with van der Waals surface area (Å²) in [5.74, 6) is 0. The molecule has 0 aliphatic carbocycles. The second-order valence-electron chi connectivity index (χ2n) is 12.0. The minimum Gasteiger partial charge on any atom is -0.456 e. The Bertz CT molecular complexity index is 2320. The molecular weight excluding hydrogens is 560 g/mol. The maximum atomic E-state index is 6.26. The van der Waals surface area contributed by atoms with Crippen LogP contribution in [0.2, 0.25) is 0 Å². The minimum absolute atomic E-state index is 0.566. The van der Waals surface area contributed by atoms with E-state index in [2.05, 4.69) is 146 Å². The van der Waals surface area contributed by atoms with Gasteiger partial charge in [0.05, 0.1) is 13.2 Å². The summed E-state index contributed by atoms with van der Waals surface area (Å²) in [6.07, 6.45) is 0. The standard InChI is InChI=1S/C44H30O2/c1-3-10-29(11-4-1)34-23-35(30-12-5-2-6-13-30)25-36(24-34)31-18-19-33-27-45-28-37-22-32(20-21-38(37)41(33)26-31)39-15-9-17-43-44(39)40-14-7-8-16-42(40)46-43/h1-26H,27-28H2. The molecule has 0 spiro atoms. The number of para-hydroxylation sites is 1. The zero-order chi connectivity index (χ0) is 30.5. The zero-order valence-corrected chi connectivity index (χ0v) is 25.2. The number of furan rings is 1. The molecule has 0 amide bonds. The monoisotopic (exact) mass is 590 g/mol. The van der Waals surface area contributed by atoms with Crippen molar-refractivity contribution in [1.29, 1.82) is 0 Å². The van der Waals surface area contributed by atoms with Crippen molar-refractivity contribution in [3.8, 4) is 55.6 Å². The van der Waals surface area contributed by atoms with Crippen LogP contribution in [-0.4, -0.2) is 0 Å². The van der Waals surface area contributed by atoms with Gasteiger partial charge in [-0.2, -0.15) is 0 Å². The van der Waals surface area contributed by atoms with E-state index in [1.807, 2.05) is 12.1 Å². The van der Waals surface area contributed by atoms with Gasteiger partial charge in [0.15, 0.2) is 0 Å². The third kappa shape index (κ3) is 4.63. The number of ether oxygens (including phenoxy) is 1. The second-order valence-corrected chi connectivity index (χ2v) is 12.0. The molecule has 0 bridgehead atoms. The van der Waals surface area contributed by atoms with Gasteiger partial charge in [0.2, 0.25) is 0 Å². The normalized spacial score (nSPS) is 12.5. The largest absolute Gasteiger partial charge is 0.456 e. The Kier molecular flexibility index (Phi) is 6.40. The van der Waals surface area contributed by atoms with E-state index in [9.17, 15) is 0 Å². The molecule has 1 aliphatic rings. The van der Waals surface area contributed by atoms with Crippen molar-refractivity contribution in [3.63, 3.8) is 0 Å². The maximum Gasteiger partial charge on any atom is 0.136 e. The highest BCUT2D eigenvalue weighted by molar-refractivity contribution is 6.12. The van der Waals surface area contributed by atoms with Crippen LogP contribution in [0.15, 0.2) is 162 Å². The number of benzene rings is 7. The van der Waals surface area contributed by atoms with Gasteiger partial charge < -0.3 is 9.15 Å². The number of rotatable bonds is 4. The summed E-state index contributed by atoms with van der Waals surface area (Å²) in [6, 6.07) is 56.5. The van der Waals surface area contributed by atoms with Gasteiger partial charge >= 0.3 is 0 Å². The van der Waals surface area contributed by atoms with Crippen LogP contribution in [-0.2, 0) is 18.0 Å². The molecule has 8 aromatic rings. The molecule has 0 N–H and O–H groups in total. The Morgan fingerprint density at radius 1 is 0.348 bits per heavy atom. The van der Waals surface area contributed by atoms with E-state index in [4.69, 9.17) is 9.15 Å². The van der Waals surface area contributed by atoms with E-state index >= 15 is 0 Å². The Hall–Kier alpha value is -5.70. The molecule has 0 saturated heterocycles. The van der Waals surface area contributed by atoms with Crippen molar-refractivity contribution in [3.05, 3.63) is 169 Å². The van der Waals surface area contributed by atoms with Gasteiger partial charge in [-0.25, -0.2) is 0 Å². The van der Waals surface area contributed by atoms with Crippen LogP contribution in [0.25, 0.3) is 77.6 Å². The number of hydrogen-bond donors (Lipinski definition) is 0. The van der Waals surface area contributed by atoms with Gasteiger partial charge in [0.1, 0.15) is 11.2 Å². The molecule has 2 heterocycles. The van der Waals surface area contributed by atoms with E-state index in [0.717, 1.165) is 21.9 Å². The molecule has 218 valence electrons. The molecule has 0 saturated carbocycles. The molecule has 46 heavy (non-hydrogen) atoms. The number of hydrogen-bond acceptors (Lipinski definition) is 2. The lowest BCUT2D eigenvalue weighted by Crippen LogP contribution is -1.92. The highest BCUT2D eigenvalue weighted by Gasteiger charge is 2.19. The van der Waals surface area contributed by atoms with Crippen LogP contribution < -0.4 is 0 Å². The van der Waals surface area contributed by atoms with E-state index in [1.165, 1.54) is 66.8 Å². The molecule has 0 unspecified atom stereocenters. The number of fused-ring (bicyclic) bond motifs is 6. The van der Waals surface area contributed by atoms with E-state index in [-0.39, 0.29) is 0 Å². The zero-order valence-electron chi connectivity index (χ0n) is 25.2. The van der Waals surface area contributed by atoms with E-state index in [1.54, 1.807) is 0 Å². The minimum atomic E-state index is 0.566. The Morgan fingerprint density at radius 3 is 1.74 bits per heavy atom.